The molecule has 1 aromatic carbocycles. The van der Waals surface area contributed by atoms with E-state index in [2.05, 4.69) is 0 Å². The van der Waals surface area contributed by atoms with Crippen molar-refractivity contribution in [2.24, 2.45) is 0 Å². The highest BCUT2D eigenvalue weighted by molar-refractivity contribution is 7.86. The highest BCUT2D eigenvalue weighted by atomic mass is 35.5. The van der Waals surface area contributed by atoms with Crippen molar-refractivity contribution in [3.05, 3.63) is 28.3 Å². The standard InChI is InChI=1S/C8H4ClNO5S/c9-5-1-3-4(8(12)10-7(3)11)2-6(5)16(13,14)15/h1-2H,(H,10,11,12)(H,13,14,15). The van der Waals surface area contributed by atoms with E-state index in [4.69, 9.17) is 16.2 Å². The van der Waals surface area contributed by atoms with Gasteiger partial charge in [-0.25, -0.2) is 0 Å². The molecule has 0 radical (unpaired) electrons. The van der Waals surface area contributed by atoms with Crippen molar-refractivity contribution in [1.82, 2.24) is 5.32 Å². The lowest BCUT2D eigenvalue weighted by Gasteiger charge is -2.02. The Morgan fingerprint density at radius 2 is 1.62 bits per heavy atom. The Morgan fingerprint density at radius 3 is 2.12 bits per heavy atom. The van der Waals surface area contributed by atoms with Crippen LogP contribution in [0.5, 0.6) is 0 Å². The second kappa shape index (κ2) is 3.27. The Bertz CT molecular complexity index is 622. The van der Waals surface area contributed by atoms with Gasteiger partial charge in [-0.15, -0.1) is 0 Å². The van der Waals surface area contributed by atoms with E-state index < -0.39 is 26.8 Å². The van der Waals surface area contributed by atoms with Crippen LogP contribution in [0.4, 0.5) is 0 Å². The summed E-state index contributed by atoms with van der Waals surface area (Å²) in [6.07, 6.45) is 0. The van der Waals surface area contributed by atoms with Crippen molar-refractivity contribution in [1.29, 1.82) is 0 Å². The molecule has 0 saturated carbocycles. The summed E-state index contributed by atoms with van der Waals surface area (Å²) in [5, 5.41) is 1.66. The summed E-state index contributed by atoms with van der Waals surface area (Å²) in [6, 6.07) is 1.90. The summed E-state index contributed by atoms with van der Waals surface area (Å²) < 4.78 is 30.6. The Hall–Kier alpha value is -1.44. The van der Waals surface area contributed by atoms with E-state index in [1.54, 1.807) is 0 Å². The molecule has 0 aliphatic carbocycles. The Morgan fingerprint density at radius 1 is 1.12 bits per heavy atom. The van der Waals surface area contributed by atoms with E-state index in [0.29, 0.717) is 0 Å². The van der Waals surface area contributed by atoms with Gasteiger partial charge in [0.1, 0.15) is 4.90 Å². The van der Waals surface area contributed by atoms with Crippen LogP contribution in [-0.2, 0) is 10.1 Å². The van der Waals surface area contributed by atoms with E-state index in [0.717, 1.165) is 12.1 Å². The molecule has 0 aromatic heterocycles. The quantitative estimate of drug-likeness (QED) is 0.565. The lowest BCUT2D eigenvalue weighted by Crippen LogP contribution is -2.19. The van der Waals surface area contributed by atoms with Gasteiger partial charge in [-0.05, 0) is 12.1 Å². The minimum atomic E-state index is -4.52. The van der Waals surface area contributed by atoms with Crippen LogP contribution in [0.3, 0.4) is 0 Å². The van der Waals surface area contributed by atoms with Crippen LogP contribution in [-0.4, -0.2) is 24.8 Å². The van der Waals surface area contributed by atoms with Crippen molar-refractivity contribution in [3.8, 4) is 0 Å². The summed E-state index contributed by atoms with van der Waals surface area (Å²) in [5.74, 6) is -1.37. The zero-order valence-corrected chi connectivity index (χ0v) is 9.09. The molecule has 2 amide bonds. The molecule has 0 saturated heterocycles. The van der Waals surface area contributed by atoms with Gasteiger partial charge in [-0.1, -0.05) is 11.6 Å². The van der Waals surface area contributed by atoms with Gasteiger partial charge >= 0.3 is 0 Å². The van der Waals surface area contributed by atoms with Crippen LogP contribution in [0.25, 0.3) is 0 Å². The number of carbonyl (C=O) groups excluding carboxylic acids is 2. The van der Waals surface area contributed by atoms with Crippen LogP contribution in [0.2, 0.25) is 5.02 Å². The van der Waals surface area contributed by atoms with E-state index >= 15 is 0 Å². The first-order valence-corrected chi connectivity index (χ1v) is 5.79. The van der Waals surface area contributed by atoms with Crippen LogP contribution < -0.4 is 5.32 Å². The van der Waals surface area contributed by atoms with E-state index in [1.807, 2.05) is 5.32 Å². The largest absolute Gasteiger partial charge is 0.296 e. The summed E-state index contributed by atoms with van der Waals surface area (Å²) in [4.78, 5) is 21.8. The Kier molecular flexibility index (Phi) is 2.26. The SMILES string of the molecule is O=C1NC(=O)c2cc(S(=O)(=O)O)c(Cl)cc21. The molecular weight excluding hydrogens is 258 g/mol. The smallest absolute Gasteiger partial charge is 0.288 e. The monoisotopic (exact) mass is 261 g/mol. The van der Waals surface area contributed by atoms with Gasteiger partial charge in [-0.2, -0.15) is 8.42 Å². The third-order valence-corrected chi connectivity index (χ3v) is 3.38. The number of rotatable bonds is 1. The summed E-state index contributed by atoms with van der Waals surface area (Å²) in [5.41, 5.74) is -0.135. The molecule has 2 N–H and O–H groups in total. The zero-order chi connectivity index (χ0) is 12.1. The lowest BCUT2D eigenvalue weighted by atomic mass is 10.1. The van der Waals surface area contributed by atoms with Crippen molar-refractivity contribution in [2.75, 3.05) is 0 Å². The Labute approximate surface area is 95.0 Å². The number of carbonyl (C=O) groups is 2. The number of benzene rings is 1. The number of halogens is 1. The average Bonchev–Trinajstić information content (AvgIpc) is 2.39. The highest BCUT2D eigenvalue weighted by Crippen LogP contribution is 2.27. The van der Waals surface area contributed by atoms with Gasteiger partial charge < -0.3 is 0 Å². The average molecular weight is 262 g/mol. The normalized spacial score (nSPS) is 14.9. The molecule has 1 heterocycles. The van der Waals surface area contributed by atoms with Gasteiger partial charge in [0.25, 0.3) is 21.9 Å². The van der Waals surface area contributed by atoms with E-state index in [9.17, 15) is 18.0 Å². The van der Waals surface area contributed by atoms with Crippen molar-refractivity contribution < 1.29 is 22.6 Å². The highest BCUT2D eigenvalue weighted by Gasteiger charge is 2.30. The molecule has 8 heteroatoms. The van der Waals surface area contributed by atoms with Gasteiger partial charge in [0.2, 0.25) is 0 Å². The summed E-state index contributed by atoms with van der Waals surface area (Å²) in [6.45, 7) is 0. The van der Waals surface area contributed by atoms with Crippen LogP contribution >= 0.6 is 11.6 Å². The number of hydrogen-bond acceptors (Lipinski definition) is 4. The molecule has 6 nitrogen and oxygen atoms in total. The minimum Gasteiger partial charge on any atom is -0.288 e. The maximum Gasteiger partial charge on any atom is 0.296 e. The topological polar surface area (TPSA) is 101 Å². The number of nitrogens with one attached hydrogen (secondary N) is 1. The molecule has 1 aliphatic heterocycles. The van der Waals surface area contributed by atoms with Gasteiger partial charge in [0.15, 0.2) is 0 Å². The maximum atomic E-state index is 11.2. The molecule has 0 unspecified atom stereocenters. The first-order chi connectivity index (χ1) is 7.30. The van der Waals surface area contributed by atoms with Crippen molar-refractivity contribution >= 4 is 33.5 Å². The number of amides is 2. The molecule has 0 bridgehead atoms. The zero-order valence-electron chi connectivity index (χ0n) is 7.52. The number of hydrogen-bond donors (Lipinski definition) is 2. The second-order valence-electron chi connectivity index (χ2n) is 3.09. The van der Waals surface area contributed by atoms with Gasteiger partial charge in [0, 0.05) is 0 Å². The van der Waals surface area contributed by atoms with E-state index in [1.165, 1.54) is 0 Å². The summed E-state index contributed by atoms with van der Waals surface area (Å²) in [7, 11) is -4.52. The molecule has 0 spiro atoms. The maximum absolute atomic E-state index is 11.2. The van der Waals surface area contributed by atoms with Gasteiger partial charge in [-0.3, -0.25) is 19.5 Å². The third kappa shape index (κ3) is 1.58. The minimum absolute atomic E-state index is 0.0117. The molecule has 84 valence electrons. The van der Waals surface area contributed by atoms with Crippen LogP contribution in [0, 0.1) is 0 Å². The predicted molar refractivity (Wildman–Crippen MR) is 53.1 cm³/mol. The first-order valence-electron chi connectivity index (χ1n) is 3.97. The predicted octanol–water partition coefficient (Wildman–Crippen LogP) is 0.470. The fourth-order valence-electron chi connectivity index (χ4n) is 1.36. The fourth-order valence-corrected chi connectivity index (χ4v) is 2.39. The second-order valence-corrected chi connectivity index (χ2v) is 4.88. The molecular formula is C8H4ClNO5S. The van der Waals surface area contributed by atoms with Crippen molar-refractivity contribution in [2.45, 2.75) is 4.90 Å². The Balaban J connectivity index is 2.77. The van der Waals surface area contributed by atoms with Crippen LogP contribution in [0.15, 0.2) is 17.0 Å². The third-order valence-electron chi connectivity index (χ3n) is 2.07. The van der Waals surface area contributed by atoms with Crippen LogP contribution in [0.1, 0.15) is 20.7 Å². The molecule has 0 atom stereocenters. The molecule has 1 aromatic rings. The van der Waals surface area contributed by atoms with E-state index in [-0.39, 0.29) is 16.1 Å². The summed E-state index contributed by atoms with van der Waals surface area (Å²) >= 11 is 5.58. The van der Waals surface area contributed by atoms with Crippen molar-refractivity contribution in [3.63, 3.8) is 0 Å². The number of imide groups is 1. The molecule has 2 rings (SSSR count). The molecule has 16 heavy (non-hydrogen) atoms. The molecule has 0 fully saturated rings. The fraction of sp³-hybridized carbons (Fsp3) is 0. The van der Waals surface area contributed by atoms with Gasteiger partial charge in [0.05, 0.1) is 16.1 Å². The first kappa shape index (κ1) is 11.1. The number of fused-ring (bicyclic) bond motifs is 1. The lowest BCUT2D eigenvalue weighted by molar-refractivity contribution is 0.0879. The molecule has 1 aliphatic rings.